The van der Waals surface area contributed by atoms with Gasteiger partial charge in [0.05, 0.1) is 22.1 Å². The Bertz CT molecular complexity index is 3790. The van der Waals surface area contributed by atoms with E-state index >= 15 is 0 Å². The monoisotopic (exact) mass is 814 g/mol. The molecule has 10 aromatic carbocycles. The summed E-state index contributed by atoms with van der Waals surface area (Å²) in [5, 5.41) is 4.64. The van der Waals surface area contributed by atoms with Gasteiger partial charge in [-0.05, 0) is 105 Å². The van der Waals surface area contributed by atoms with Gasteiger partial charge in [-0.25, -0.2) is 0 Å². The fourth-order valence-electron chi connectivity index (χ4n) is 11.4. The third-order valence-corrected chi connectivity index (χ3v) is 14.0. The molecule has 0 aliphatic heterocycles. The van der Waals surface area contributed by atoms with E-state index in [1.807, 2.05) is 6.07 Å². The maximum Gasteiger partial charge on any atom is 0.137 e. The number of fused-ring (bicyclic) bond motifs is 16. The summed E-state index contributed by atoms with van der Waals surface area (Å²) in [6.45, 7) is 0. The van der Waals surface area contributed by atoms with Gasteiger partial charge in [0.1, 0.15) is 11.2 Å². The zero-order chi connectivity index (χ0) is 41.9. The third-order valence-electron chi connectivity index (χ3n) is 14.0. The van der Waals surface area contributed by atoms with Gasteiger partial charge in [-0.2, -0.15) is 0 Å². The van der Waals surface area contributed by atoms with Crippen molar-refractivity contribution in [2.45, 2.75) is 5.41 Å². The molecule has 0 fully saturated rings. The average Bonchev–Trinajstić information content (AvgIpc) is 4.07. The molecule has 14 rings (SSSR count). The standard InChI is InChI=1S/C61H38N2O/c1-3-16-39(17-4-1)40-30-32-42(33-31-40)62(55-28-15-27-54-60(55)48-23-9-13-26-53(48)61(54)51-24-11-7-20-44(51)45-21-8-12-25-52(45)61)43-34-35-46-49-37-50-47-22-10-14-29-58(47)64-59(50)38-57(49)63(56(46)36-43)41-18-5-2-6-19-41/h1-38H. The van der Waals surface area contributed by atoms with Crippen molar-refractivity contribution in [2.75, 3.05) is 4.90 Å². The van der Waals surface area contributed by atoms with Crippen LogP contribution in [0.1, 0.15) is 22.3 Å². The molecule has 0 radical (unpaired) electrons. The lowest BCUT2D eigenvalue weighted by Crippen LogP contribution is -2.26. The normalized spacial score (nSPS) is 13.1. The molecule has 0 saturated carbocycles. The second-order valence-corrected chi connectivity index (χ2v) is 17.2. The molecular weight excluding hydrogens is 777 g/mol. The number of hydrogen-bond acceptors (Lipinski definition) is 2. The molecular formula is C61H38N2O. The Hall–Kier alpha value is -8.40. The van der Waals surface area contributed by atoms with Crippen molar-refractivity contribution >= 4 is 60.8 Å². The molecule has 64 heavy (non-hydrogen) atoms. The number of anilines is 3. The summed E-state index contributed by atoms with van der Waals surface area (Å²) in [5.41, 5.74) is 20.8. The molecule has 2 aromatic heterocycles. The van der Waals surface area contributed by atoms with E-state index in [4.69, 9.17) is 4.42 Å². The average molecular weight is 815 g/mol. The molecule has 3 heteroatoms. The number of furan rings is 1. The highest BCUT2D eigenvalue weighted by Crippen LogP contribution is 2.64. The quantitative estimate of drug-likeness (QED) is 0.173. The Balaban J connectivity index is 1.06. The van der Waals surface area contributed by atoms with E-state index in [1.165, 1.54) is 66.4 Å². The Morgan fingerprint density at radius 2 is 0.938 bits per heavy atom. The van der Waals surface area contributed by atoms with Crippen molar-refractivity contribution in [3.8, 4) is 39.1 Å². The highest BCUT2D eigenvalue weighted by Gasteiger charge is 2.52. The van der Waals surface area contributed by atoms with Crippen LogP contribution in [0.25, 0.3) is 82.8 Å². The molecule has 2 aliphatic rings. The maximum absolute atomic E-state index is 6.50. The smallest absolute Gasteiger partial charge is 0.137 e. The second-order valence-electron chi connectivity index (χ2n) is 17.2. The van der Waals surface area contributed by atoms with E-state index in [0.717, 1.165) is 55.7 Å². The minimum Gasteiger partial charge on any atom is -0.456 e. The van der Waals surface area contributed by atoms with E-state index in [2.05, 4.69) is 234 Å². The van der Waals surface area contributed by atoms with Crippen LogP contribution in [0.2, 0.25) is 0 Å². The van der Waals surface area contributed by atoms with E-state index in [0.29, 0.717) is 0 Å². The molecule has 298 valence electrons. The van der Waals surface area contributed by atoms with Crippen molar-refractivity contribution in [1.82, 2.24) is 4.57 Å². The summed E-state index contributed by atoms with van der Waals surface area (Å²) in [7, 11) is 0. The minimum atomic E-state index is -0.456. The topological polar surface area (TPSA) is 21.3 Å². The second kappa shape index (κ2) is 13.3. The molecule has 2 heterocycles. The summed E-state index contributed by atoms with van der Waals surface area (Å²) in [6, 6.07) is 84.6. The Morgan fingerprint density at radius 3 is 1.69 bits per heavy atom. The van der Waals surface area contributed by atoms with Crippen LogP contribution >= 0.6 is 0 Å². The number of aromatic nitrogens is 1. The number of hydrogen-bond donors (Lipinski definition) is 0. The van der Waals surface area contributed by atoms with Gasteiger partial charge in [0.2, 0.25) is 0 Å². The van der Waals surface area contributed by atoms with Crippen LogP contribution in [0.15, 0.2) is 235 Å². The van der Waals surface area contributed by atoms with Crippen molar-refractivity contribution in [3.63, 3.8) is 0 Å². The van der Waals surface area contributed by atoms with Crippen LogP contribution in [0.4, 0.5) is 17.1 Å². The highest BCUT2D eigenvalue weighted by molar-refractivity contribution is 6.18. The van der Waals surface area contributed by atoms with E-state index in [-0.39, 0.29) is 0 Å². The fraction of sp³-hybridized carbons (Fsp3) is 0.0164. The first-order chi connectivity index (χ1) is 31.8. The molecule has 0 unspecified atom stereocenters. The molecule has 12 aromatic rings. The first-order valence-electron chi connectivity index (χ1n) is 22.1. The van der Waals surface area contributed by atoms with Crippen molar-refractivity contribution in [2.24, 2.45) is 0 Å². The zero-order valence-corrected chi connectivity index (χ0v) is 34.7. The van der Waals surface area contributed by atoms with Gasteiger partial charge in [-0.15, -0.1) is 0 Å². The first-order valence-corrected chi connectivity index (χ1v) is 22.1. The summed E-state index contributed by atoms with van der Waals surface area (Å²) < 4.78 is 8.91. The Kier molecular flexibility index (Phi) is 7.32. The summed E-state index contributed by atoms with van der Waals surface area (Å²) >= 11 is 0. The van der Waals surface area contributed by atoms with E-state index < -0.39 is 5.41 Å². The number of para-hydroxylation sites is 2. The molecule has 0 saturated heterocycles. The first kappa shape index (κ1) is 35.2. The fourth-order valence-corrected chi connectivity index (χ4v) is 11.4. The summed E-state index contributed by atoms with van der Waals surface area (Å²) in [5.74, 6) is 0. The van der Waals surface area contributed by atoms with Gasteiger partial charge in [0.25, 0.3) is 0 Å². The largest absolute Gasteiger partial charge is 0.456 e. The van der Waals surface area contributed by atoms with Crippen LogP contribution in [0, 0.1) is 0 Å². The third kappa shape index (κ3) is 4.76. The molecule has 0 bridgehead atoms. The van der Waals surface area contributed by atoms with Gasteiger partial charge >= 0.3 is 0 Å². The highest BCUT2D eigenvalue weighted by atomic mass is 16.3. The minimum absolute atomic E-state index is 0.456. The molecule has 0 N–H and O–H groups in total. The number of rotatable bonds is 5. The molecule has 0 atom stereocenters. The SMILES string of the molecule is c1ccc(-c2ccc(N(c3ccc4c5cc6c(cc5n(-c5ccccc5)c4c3)oc3ccccc36)c3cccc4c3-c3ccccc3C43c4ccccc4-c4ccccc43)cc2)cc1. The Labute approximate surface area is 370 Å². The number of nitrogens with zero attached hydrogens (tertiary/aromatic N) is 2. The van der Waals surface area contributed by atoms with E-state index in [1.54, 1.807) is 0 Å². The Morgan fingerprint density at radius 1 is 0.359 bits per heavy atom. The zero-order valence-electron chi connectivity index (χ0n) is 34.7. The predicted octanol–water partition coefficient (Wildman–Crippen LogP) is 16.2. The van der Waals surface area contributed by atoms with Crippen LogP contribution in [-0.4, -0.2) is 4.57 Å². The lowest BCUT2D eigenvalue weighted by Gasteiger charge is -2.32. The van der Waals surface area contributed by atoms with Gasteiger partial charge in [-0.3, -0.25) is 0 Å². The van der Waals surface area contributed by atoms with Crippen LogP contribution < -0.4 is 4.90 Å². The number of benzene rings is 10. The van der Waals surface area contributed by atoms with E-state index in [9.17, 15) is 0 Å². The lowest BCUT2D eigenvalue weighted by atomic mass is 9.70. The van der Waals surface area contributed by atoms with Gasteiger partial charge in [0.15, 0.2) is 0 Å². The van der Waals surface area contributed by atoms with Crippen molar-refractivity contribution in [3.05, 3.63) is 253 Å². The molecule has 2 aliphatic carbocycles. The summed E-state index contributed by atoms with van der Waals surface area (Å²) in [4.78, 5) is 2.49. The molecule has 3 nitrogen and oxygen atoms in total. The van der Waals surface area contributed by atoms with Crippen molar-refractivity contribution < 1.29 is 4.42 Å². The van der Waals surface area contributed by atoms with Gasteiger partial charge in [-0.1, -0.05) is 170 Å². The molecule has 0 amide bonds. The van der Waals surface area contributed by atoms with Crippen LogP contribution in [0.5, 0.6) is 0 Å². The maximum atomic E-state index is 6.50. The van der Waals surface area contributed by atoms with Gasteiger partial charge < -0.3 is 13.9 Å². The lowest BCUT2D eigenvalue weighted by molar-refractivity contribution is 0.669. The van der Waals surface area contributed by atoms with Gasteiger partial charge in [0, 0.05) is 50.2 Å². The molecule has 1 spiro atoms. The predicted molar refractivity (Wildman–Crippen MR) is 264 cm³/mol. The van der Waals surface area contributed by atoms with Crippen molar-refractivity contribution in [1.29, 1.82) is 0 Å². The summed E-state index contributed by atoms with van der Waals surface area (Å²) in [6.07, 6.45) is 0. The van der Waals surface area contributed by atoms with Crippen LogP contribution in [-0.2, 0) is 5.41 Å². The van der Waals surface area contributed by atoms with Crippen LogP contribution in [0.3, 0.4) is 0 Å².